The van der Waals surface area contributed by atoms with Crippen molar-refractivity contribution in [2.75, 3.05) is 0 Å². The molecule has 0 amide bonds. The maximum absolute atomic E-state index is 5.49. The van der Waals surface area contributed by atoms with E-state index in [1.54, 1.807) is 0 Å². The number of allylic oxidation sites excluding steroid dienone is 12. The van der Waals surface area contributed by atoms with Gasteiger partial charge in [-0.15, -0.1) is 0 Å². The van der Waals surface area contributed by atoms with E-state index >= 15 is 0 Å². The summed E-state index contributed by atoms with van der Waals surface area (Å²) in [5.74, 6) is 3.49. The predicted octanol–water partition coefficient (Wildman–Crippen LogP) is 13.1. The predicted molar refractivity (Wildman–Crippen MR) is 231 cm³/mol. The molecule has 6 atom stereocenters. The van der Waals surface area contributed by atoms with Crippen molar-refractivity contribution in [3.05, 3.63) is 204 Å². The van der Waals surface area contributed by atoms with E-state index in [2.05, 4.69) is 157 Å². The second-order valence-corrected chi connectivity index (χ2v) is 16.5. The second kappa shape index (κ2) is 14.0. The van der Waals surface area contributed by atoms with Gasteiger partial charge < -0.3 is 0 Å². The van der Waals surface area contributed by atoms with E-state index in [9.17, 15) is 0 Å². The average Bonchev–Trinajstić information content (AvgIpc) is 3.29. The minimum absolute atomic E-state index is 0.177. The Bertz CT molecular complexity index is 2690. The summed E-state index contributed by atoms with van der Waals surface area (Å²) in [6.45, 7) is 0. The monoisotopic (exact) mass is 723 g/mol. The van der Waals surface area contributed by atoms with Gasteiger partial charge in [-0.2, -0.15) is 0 Å². The van der Waals surface area contributed by atoms with E-state index in [0.29, 0.717) is 29.6 Å². The summed E-state index contributed by atoms with van der Waals surface area (Å²) in [7, 11) is 0. The van der Waals surface area contributed by atoms with Gasteiger partial charge in [-0.3, -0.25) is 4.98 Å². The van der Waals surface area contributed by atoms with E-state index in [-0.39, 0.29) is 5.92 Å². The Labute approximate surface area is 329 Å². The van der Waals surface area contributed by atoms with Crippen molar-refractivity contribution >= 4 is 38.3 Å². The molecule has 0 spiro atoms. The molecule has 0 radical (unpaired) electrons. The van der Waals surface area contributed by atoms with Crippen LogP contribution in [0.15, 0.2) is 164 Å². The van der Waals surface area contributed by atoms with Gasteiger partial charge >= 0.3 is 0 Å². The molecule has 11 rings (SSSR count). The first-order valence-corrected chi connectivity index (χ1v) is 20.7. The van der Waals surface area contributed by atoms with Crippen molar-refractivity contribution in [1.29, 1.82) is 0 Å². The van der Waals surface area contributed by atoms with Crippen LogP contribution >= 0.6 is 0 Å². The van der Waals surface area contributed by atoms with Gasteiger partial charge in [0.05, 0.1) is 11.4 Å². The minimum Gasteiger partial charge on any atom is -0.264 e. The Morgan fingerprint density at radius 1 is 0.661 bits per heavy atom. The van der Waals surface area contributed by atoms with Gasteiger partial charge in [-0.25, -0.2) is 9.97 Å². The molecule has 3 nitrogen and oxygen atoms in total. The summed E-state index contributed by atoms with van der Waals surface area (Å²) in [6.07, 6.45) is 31.7. The first kappa shape index (κ1) is 33.4. The Morgan fingerprint density at radius 3 is 2.34 bits per heavy atom. The van der Waals surface area contributed by atoms with Crippen molar-refractivity contribution in [3.8, 4) is 0 Å². The zero-order valence-corrected chi connectivity index (χ0v) is 31.6. The van der Waals surface area contributed by atoms with Gasteiger partial charge in [-0.05, 0) is 135 Å². The van der Waals surface area contributed by atoms with Gasteiger partial charge in [0.1, 0.15) is 0 Å². The largest absolute Gasteiger partial charge is 0.264 e. The Kier molecular flexibility index (Phi) is 8.34. The van der Waals surface area contributed by atoms with Gasteiger partial charge in [0.2, 0.25) is 0 Å². The number of hydrogen-bond donors (Lipinski definition) is 0. The SMILES string of the molecule is C1=CC2c3ccccc3C3C=C(c4nc(C5=CCCC(c6cccnc6)C5)cc([C@H]5C=CC(c6cc7ccccc7c7ccccc67)=CC5)n4)CCC3C2C=C1. The molecule has 2 heterocycles. The number of pyridine rings is 1. The zero-order chi connectivity index (χ0) is 37.0. The highest BCUT2D eigenvalue weighted by molar-refractivity contribution is 6.12. The van der Waals surface area contributed by atoms with E-state index in [1.165, 1.54) is 60.5 Å². The third kappa shape index (κ3) is 5.84. The first-order chi connectivity index (χ1) is 27.7. The van der Waals surface area contributed by atoms with Crippen molar-refractivity contribution in [2.24, 2.45) is 11.8 Å². The number of aromatic nitrogens is 3. The molecule has 0 saturated heterocycles. The molecule has 0 fully saturated rings. The normalized spacial score (nSPS) is 25.2. The number of nitrogens with zero attached hydrogens (tertiary/aromatic N) is 3. The molecule has 5 unspecified atom stereocenters. The molecule has 0 aliphatic heterocycles. The molecule has 6 aromatic rings. The lowest BCUT2D eigenvalue weighted by molar-refractivity contribution is 0.287. The van der Waals surface area contributed by atoms with Gasteiger partial charge in [0.15, 0.2) is 5.82 Å². The van der Waals surface area contributed by atoms with Crippen molar-refractivity contribution < 1.29 is 0 Å². The van der Waals surface area contributed by atoms with Crippen LogP contribution in [0.5, 0.6) is 0 Å². The van der Waals surface area contributed by atoms with Gasteiger partial charge in [0.25, 0.3) is 0 Å². The maximum atomic E-state index is 5.49. The fourth-order valence-corrected chi connectivity index (χ4v) is 10.6. The quantitative estimate of drug-likeness (QED) is 0.166. The Morgan fingerprint density at radius 2 is 1.48 bits per heavy atom. The van der Waals surface area contributed by atoms with Crippen LogP contribution in [-0.4, -0.2) is 15.0 Å². The summed E-state index contributed by atoms with van der Waals surface area (Å²) in [6, 6.07) is 35.8. The lowest BCUT2D eigenvalue weighted by atomic mass is 9.59. The van der Waals surface area contributed by atoms with E-state index in [1.807, 2.05) is 12.4 Å². The molecule has 0 bridgehead atoms. The fraction of sp³-hybridized carbons (Fsp3) is 0.226. The highest BCUT2D eigenvalue weighted by Gasteiger charge is 2.42. The molecular formula is C53H45N3. The van der Waals surface area contributed by atoms with Crippen LogP contribution in [0.1, 0.15) is 102 Å². The van der Waals surface area contributed by atoms with Crippen LogP contribution in [0.2, 0.25) is 0 Å². The van der Waals surface area contributed by atoms with E-state index in [4.69, 9.17) is 9.97 Å². The highest BCUT2D eigenvalue weighted by atomic mass is 14.9. The smallest absolute Gasteiger partial charge is 0.155 e. The minimum atomic E-state index is 0.177. The molecule has 4 aromatic carbocycles. The lowest BCUT2D eigenvalue weighted by Gasteiger charge is -2.44. The van der Waals surface area contributed by atoms with E-state index < -0.39 is 0 Å². The molecule has 0 saturated carbocycles. The number of rotatable bonds is 5. The van der Waals surface area contributed by atoms with Crippen LogP contribution < -0.4 is 0 Å². The summed E-state index contributed by atoms with van der Waals surface area (Å²) in [4.78, 5) is 15.4. The van der Waals surface area contributed by atoms with Crippen molar-refractivity contribution in [2.45, 2.75) is 62.2 Å². The molecule has 0 N–H and O–H groups in total. The second-order valence-electron chi connectivity index (χ2n) is 16.5. The van der Waals surface area contributed by atoms with Gasteiger partial charge in [-0.1, -0.05) is 134 Å². The zero-order valence-electron chi connectivity index (χ0n) is 31.6. The van der Waals surface area contributed by atoms with Crippen LogP contribution in [0.25, 0.3) is 38.3 Å². The molecule has 5 aliphatic rings. The van der Waals surface area contributed by atoms with Crippen LogP contribution in [-0.2, 0) is 0 Å². The van der Waals surface area contributed by atoms with Crippen LogP contribution in [0.4, 0.5) is 0 Å². The summed E-state index contributed by atoms with van der Waals surface area (Å²) in [5.41, 5.74) is 11.7. The van der Waals surface area contributed by atoms with Gasteiger partial charge in [0, 0.05) is 30.1 Å². The number of fused-ring (bicyclic) bond motifs is 9. The summed E-state index contributed by atoms with van der Waals surface area (Å²) < 4.78 is 0. The van der Waals surface area contributed by atoms with E-state index in [0.717, 1.165) is 55.7 Å². The molecule has 5 aliphatic carbocycles. The Hall–Kier alpha value is -5.93. The number of hydrogen-bond acceptors (Lipinski definition) is 3. The standard InChI is InChI=1S/C53H45N3/c1-2-15-41-37(11-1)30-49(46-20-7-3-16-42(41)46)34-22-24-35(25-23-34)51-32-52(38-13-9-12-36(29-38)40-14-10-28-54-33-40)56-53(55-51)39-26-27-48-45-19-5-4-17-43(45)44-18-6-8-21-47(44)50(48)31-39/h1-8,10-11,13-24,28,30-33,35-36,43,45,48,50H,9,12,25-27,29H2/t35-,36?,43?,45?,48?,50?/m0/s1. The topological polar surface area (TPSA) is 38.7 Å². The first-order valence-electron chi connectivity index (χ1n) is 20.7. The third-order valence-electron chi connectivity index (χ3n) is 13.4. The molecule has 2 aromatic heterocycles. The molecule has 56 heavy (non-hydrogen) atoms. The highest BCUT2D eigenvalue weighted by Crippen LogP contribution is 2.54. The van der Waals surface area contributed by atoms with Crippen molar-refractivity contribution in [1.82, 2.24) is 15.0 Å². The molecule has 3 heteroatoms. The third-order valence-corrected chi connectivity index (χ3v) is 13.4. The fourth-order valence-electron chi connectivity index (χ4n) is 10.6. The molecular weight excluding hydrogens is 679 g/mol. The average molecular weight is 724 g/mol. The summed E-state index contributed by atoms with van der Waals surface area (Å²) >= 11 is 0. The van der Waals surface area contributed by atoms with Crippen molar-refractivity contribution in [3.63, 3.8) is 0 Å². The molecule has 272 valence electrons. The maximum Gasteiger partial charge on any atom is 0.155 e. The lowest BCUT2D eigenvalue weighted by Crippen LogP contribution is -2.33. The van der Waals surface area contributed by atoms with Crippen LogP contribution in [0.3, 0.4) is 0 Å². The number of benzene rings is 4. The summed E-state index contributed by atoms with van der Waals surface area (Å²) in [5, 5.41) is 5.20. The Balaban J connectivity index is 0.977. The van der Waals surface area contributed by atoms with Crippen LogP contribution in [0, 0.1) is 11.8 Å².